The smallest absolute Gasteiger partial charge is 0.332 e. The number of aromatic nitrogens is 3. The third-order valence-corrected chi connectivity index (χ3v) is 5.11. The van der Waals surface area contributed by atoms with Crippen LogP contribution in [0.25, 0.3) is 11.0 Å². The molecule has 0 spiro atoms. The fraction of sp³-hybridized carbons (Fsp3) is 0.556. The molecule has 0 radical (unpaired) electrons. The lowest BCUT2D eigenvalue weighted by Gasteiger charge is -2.32. The minimum atomic E-state index is -0.455. The molecule has 1 saturated heterocycles. The number of piperidine rings is 1. The Labute approximate surface area is 175 Å². The van der Waals surface area contributed by atoms with Gasteiger partial charge in [-0.3, -0.25) is 18.7 Å². The van der Waals surface area contributed by atoms with E-state index < -0.39 is 11.2 Å². The minimum absolute atomic E-state index is 0. The Hall–Kier alpha value is -1.90. The molecule has 0 aromatic carbocycles. The number of rotatable bonds is 4. The number of aryl methyl sites for hydroxylation is 1. The number of carbonyl (C=O) groups is 1. The number of nitrogens with one attached hydrogen (secondary N) is 1. The number of hydrogen-bond acceptors (Lipinski definition) is 5. The zero-order valence-corrected chi connectivity index (χ0v) is 17.9. The van der Waals surface area contributed by atoms with E-state index in [0.717, 1.165) is 30.5 Å². The van der Waals surface area contributed by atoms with Gasteiger partial charge in [0.15, 0.2) is 0 Å². The molecule has 2 aromatic heterocycles. The van der Waals surface area contributed by atoms with Gasteiger partial charge < -0.3 is 10.2 Å². The molecule has 28 heavy (non-hydrogen) atoms. The van der Waals surface area contributed by atoms with Gasteiger partial charge in [-0.15, -0.1) is 24.8 Å². The second kappa shape index (κ2) is 10.0. The lowest BCUT2D eigenvalue weighted by atomic mass is 9.96. The lowest BCUT2D eigenvalue weighted by Crippen LogP contribution is -2.41. The average molecular weight is 432 g/mol. The normalized spacial score (nSPS) is 14.5. The van der Waals surface area contributed by atoms with Crippen LogP contribution in [0.1, 0.15) is 30.3 Å². The number of hydrogen-bond donors (Lipinski definition) is 1. The standard InChI is InChI=1S/C18H25N5O3.2ClH/c1-4-19-11-12-7-9-23(10-8-12)17(25)14-6-5-13-15(20-14)21(2)18(26)22(3)16(13)24;;/h5-6,12,19H,4,7-11H2,1-3H3;2*1H. The highest BCUT2D eigenvalue weighted by atomic mass is 35.5. The van der Waals surface area contributed by atoms with E-state index in [0.29, 0.717) is 24.4 Å². The highest BCUT2D eigenvalue weighted by Gasteiger charge is 2.24. The number of pyridine rings is 1. The van der Waals surface area contributed by atoms with Crippen molar-refractivity contribution in [3.63, 3.8) is 0 Å². The van der Waals surface area contributed by atoms with Crippen LogP contribution in [0.4, 0.5) is 0 Å². The van der Waals surface area contributed by atoms with Gasteiger partial charge in [0, 0.05) is 27.2 Å². The maximum absolute atomic E-state index is 12.8. The van der Waals surface area contributed by atoms with Crippen LogP contribution in [0.5, 0.6) is 0 Å². The van der Waals surface area contributed by atoms with Crippen LogP contribution >= 0.6 is 24.8 Å². The highest BCUT2D eigenvalue weighted by molar-refractivity contribution is 5.94. The molecule has 1 amide bonds. The zero-order chi connectivity index (χ0) is 18.8. The molecule has 0 saturated carbocycles. The molecule has 1 aliphatic heterocycles. The molecular weight excluding hydrogens is 405 g/mol. The summed E-state index contributed by atoms with van der Waals surface area (Å²) >= 11 is 0. The monoisotopic (exact) mass is 431 g/mol. The molecule has 10 heteroatoms. The molecule has 3 heterocycles. The van der Waals surface area contributed by atoms with Crippen molar-refractivity contribution < 1.29 is 4.79 Å². The Bertz CT molecular complexity index is 949. The van der Waals surface area contributed by atoms with Crippen molar-refractivity contribution in [1.82, 2.24) is 24.3 Å². The summed E-state index contributed by atoms with van der Waals surface area (Å²) in [6, 6.07) is 3.15. The number of amides is 1. The van der Waals surface area contributed by atoms with E-state index in [9.17, 15) is 14.4 Å². The molecular formula is C18H27Cl2N5O3. The van der Waals surface area contributed by atoms with Gasteiger partial charge in [0.25, 0.3) is 11.5 Å². The summed E-state index contributed by atoms with van der Waals surface area (Å²) in [6.07, 6.45) is 1.93. The first-order valence-corrected chi connectivity index (χ1v) is 9.00. The predicted molar refractivity (Wildman–Crippen MR) is 114 cm³/mol. The van der Waals surface area contributed by atoms with E-state index in [-0.39, 0.29) is 42.1 Å². The van der Waals surface area contributed by atoms with Gasteiger partial charge in [0.1, 0.15) is 11.3 Å². The molecule has 156 valence electrons. The first-order valence-electron chi connectivity index (χ1n) is 9.00. The van der Waals surface area contributed by atoms with Crippen molar-refractivity contribution in [1.29, 1.82) is 0 Å². The summed E-state index contributed by atoms with van der Waals surface area (Å²) in [5.41, 5.74) is -0.348. The third-order valence-electron chi connectivity index (χ3n) is 5.11. The van der Waals surface area contributed by atoms with Crippen molar-refractivity contribution in [3.05, 3.63) is 38.7 Å². The summed E-state index contributed by atoms with van der Waals surface area (Å²) in [5.74, 6) is 0.439. The van der Waals surface area contributed by atoms with E-state index in [4.69, 9.17) is 0 Å². The Balaban J connectivity index is 0.00000196. The largest absolute Gasteiger partial charge is 0.337 e. The zero-order valence-electron chi connectivity index (χ0n) is 16.3. The maximum Gasteiger partial charge on any atom is 0.332 e. The van der Waals surface area contributed by atoms with Crippen molar-refractivity contribution in [2.24, 2.45) is 20.0 Å². The maximum atomic E-state index is 12.8. The van der Waals surface area contributed by atoms with Gasteiger partial charge in [0.05, 0.1) is 5.39 Å². The van der Waals surface area contributed by atoms with E-state index in [2.05, 4.69) is 17.2 Å². The fourth-order valence-electron chi connectivity index (χ4n) is 3.42. The van der Waals surface area contributed by atoms with Gasteiger partial charge in [-0.1, -0.05) is 6.92 Å². The molecule has 0 atom stereocenters. The number of halogens is 2. The molecule has 8 nitrogen and oxygen atoms in total. The van der Waals surface area contributed by atoms with Gasteiger partial charge in [-0.25, -0.2) is 9.78 Å². The Morgan fingerprint density at radius 1 is 1.14 bits per heavy atom. The molecule has 2 aromatic rings. The first-order chi connectivity index (χ1) is 12.4. The molecule has 0 aliphatic carbocycles. The van der Waals surface area contributed by atoms with E-state index in [1.807, 2.05) is 0 Å². The SMILES string of the molecule is CCNCC1CCN(C(=O)c2ccc3c(=O)n(C)c(=O)n(C)c3n2)CC1.Cl.Cl. The molecule has 1 fully saturated rings. The third kappa shape index (κ3) is 4.56. The molecule has 0 bridgehead atoms. The van der Waals surface area contributed by atoms with Crippen LogP contribution in [0, 0.1) is 5.92 Å². The summed E-state index contributed by atoms with van der Waals surface area (Å²) < 4.78 is 2.34. The van der Waals surface area contributed by atoms with Crippen LogP contribution in [-0.2, 0) is 14.1 Å². The average Bonchev–Trinajstić information content (AvgIpc) is 2.68. The second-order valence-corrected chi connectivity index (χ2v) is 6.82. The van der Waals surface area contributed by atoms with Crippen molar-refractivity contribution in [2.45, 2.75) is 19.8 Å². The quantitative estimate of drug-likeness (QED) is 0.777. The van der Waals surface area contributed by atoms with Crippen molar-refractivity contribution >= 4 is 41.8 Å². The van der Waals surface area contributed by atoms with Crippen LogP contribution in [0.15, 0.2) is 21.7 Å². The number of likely N-dealkylation sites (tertiary alicyclic amines) is 1. The molecule has 1 aliphatic rings. The van der Waals surface area contributed by atoms with E-state index in [1.54, 1.807) is 24.1 Å². The van der Waals surface area contributed by atoms with E-state index in [1.165, 1.54) is 11.6 Å². The molecule has 0 unspecified atom stereocenters. The number of carbonyl (C=O) groups excluding carboxylic acids is 1. The highest BCUT2D eigenvalue weighted by Crippen LogP contribution is 2.18. The van der Waals surface area contributed by atoms with E-state index >= 15 is 0 Å². The number of fused-ring (bicyclic) bond motifs is 1. The first kappa shape index (κ1) is 24.1. The van der Waals surface area contributed by atoms with Gasteiger partial charge >= 0.3 is 5.69 Å². The van der Waals surface area contributed by atoms with Gasteiger partial charge in [-0.05, 0) is 44.0 Å². The Morgan fingerprint density at radius 3 is 2.39 bits per heavy atom. The predicted octanol–water partition coefficient (Wildman–Crippen LogP) is 0.937. The van der Waals surface area contributed by atoms with Crippen LogP contribution < -0.4 is 16.6 Å². The van der Waals surface area contributed by atoms with Crippen molar-refractivity contribution in [3.8, 4) is 0 Å². The summed E-state index contributed by atoms with van der Waals surface area (Å²) in [4.78, 5) is 43.2. The van der Waals surface area contributed by atoms with Crippen LogP contribution in [0.2, 0.25) is 0 Å². The molecule has 1 N–H and O–H groups in total. The van der Waals surface area contributed by atoms with Crippen LogP contribution in [-0.4, -0.2) is 51.1 Å². The summed E-state index contributed by atoms with van der Waals surface area (Å²) in [7, 11) is 2.98. The van der Waals surface area contributed by atoms with Crippen molar-refractivity contribution in [2.75, 3.05) is 26.2 Å². The van der Waals surface area contributed by atoms with Crippen LogP contribution in [0.3, 0.4) is 0 Å². The van der Waals surface area contributed by atoms with Gasteiger partial charge in [0.2, 0.25) is 0 Å². The summed E-state index contributed by atoms with van der Waals surface area (Å²) in [5, 5.41) is 3.68. The molecule has 3 rings (SSSR count). The minimum Gasteiger partial charge on any atom is -0.337 e. The summed E-state index contributed by atoms with van der Waals surface area (Å²) in [6.45, 7) is 5.43. The fourth-order valence-corrected chi connectivity index (χ4v) is 3.42. The Morgan fingerprint density at radius 2 is 1.79 bits per heavy atom. The topological polar surface area (TPSA) is 89.2 Å². The number of nitrogens with zero attached hydrogens (tertiary/aromatic N) is 4. The second-order valence-electron chi connectivity index (χ2n) is 6.82. The Kier molecular flexibility index (Phi) is 8.66. The lowest BCUT2D eigenvalue weighted by molar-refractivity contribution is 0.0684. The van der Waals surface area contributed by atoms with Gasteiger partial charge in [-0.2, -0.15) is 0 Å².